The number of esters is 1. The third kappa shape index (κ3) is 2.34. The molecule has 18 heavy (non-hydrogen) atoms. The van der Waals surface area contributed by atoms with E-state index < -0.39 is 5.97 Å². The molecule has 0 spiro atoms. The van der Waals surface area contributed by atoms with Gasteiger partial charge in [-0.05, 0) is 24.5 Å². The average molecular weight is 247 g/mol. The zero-order valence-corrected chi connectivity index (χ0v) is 10.9. The first kappa shape index (κ1) is 12.5. The van der Waals surface area contributed by atoms with Crippen molar-refractivity contribution in [1.82, 2.24) is 14.5 Å². The number of nitrogens with zero attached hydrogens (tertiary/aromatic N) is 3. The van der Waals surface area contributed by atoms with Crippen molar-refractivity contribution >= 4 is 17.1 Å². The van der Waals surface area contributed by atoms with E-state index in [0.717, 1.165) is 24.1 Å². The maximum absolute atomic E-state index is 11.7. The molecule has 0 amide bonds. The Morgan fingerprint density at radius 2 is 2.28 bits per heavy atom. The van der Waals surface area contributed by atoms with Crippen LogP contribution in [0.4, 0.5) is 0 Å². The van der Waals surface area contributed by atoms with Crippen molar-refractivity contribution in [3.63, 3.8) is 0 Å². The molecule has 0 aliphatic carbocycles. The highest BCUT2D eigenvalue weighted by molar-refractivity contribution is 5.89. The Balaban J connectivity index is 2.47. The lowest BCUT2D eigenvalue weighted by Gasteiger charge is -2.08. The number of ether oxygens (including phenoxy) is 1. The number of hydrogen-bond donors (Lipinski definition) is 0. The fourth-order valence-electron chi connectivity index (χ4n) is 1.80. The maximum atomic E-state index is 11.7. The summed E-state index contributed by atoms with van der Waals surface area (Å²) in [5, 5.41) is 0. The van der Waals surface area contributed by atoms with E-state index in [2.05, 4.69) is 23.8 Å². The Morgan fingerprint density at radius 1 is 1.50 bits per heavy atom. The van der Waals surface area contributed by atoms with E-state index in [9.17, 15) is 4.79 Å². The minimum Gasteiger partial charge on any atom is -0.463 e. The first-order valence-corrected chi connectivity index (χ1v) is 6.03. The van der Waals surface area contributed by atoms with Crippen LogP contribution in [0.5, 0.6) is 0 Å². The lowest BCUT2D eigenvalue weighted by atomic mass is 10.1. The Bertz CT molecular complexity index is 560. The van der Waals surface area contributed by atoms with Gasteiger partial charge < -0.3 is 9.30 Å². The van der Waals surface area contributed by atoms with Crippen LogP contribution in [0.1, 0.15) is 30.9 Å². The van der Waals surface area contributed by atoms with Crippen LogP contribution in [-0.2, 0) is 11.3 Å². The van der Waals surface area contributed by atoms with E-state index in [4.69, 9.17) is 4.74 Å². The summed E-state index contributed by atoms with van der Waals surface area (Å²) in [6.45, 7) is 5.00. The number of methoxy groups -OCH3 is 1. The Morgan fingerprint density at radius 3 is 2.94 bits per heavy atom. The second-order valence-corrected chi connectivity index (χ2v) is 4.61. The fraction of sp³-hybridized carbons (Fsp3) is 0.462. The quantitative estimate of drug-likeness (QED) is 0.778. The van der Waals surface area contributed by atoms with E-state index in [0.29, 0.717) is 11.7 Å². The number of aryl methyl sites for hydroxylation is 1. The molecule has 2 aromatic heterocycles. The standard InChI is InChI=1S/C13H17N3O2/c1-9(2)6-8-16-11-10(5-4-7-14-11)15-12(16)13(17)18-3/h4-5,7,9H,6,8H2,1-3H3. The first-order valence-electron chi connectivity index (χ1n) is 6.03. The molecule has 2 rings (SSSR count). The van der Waals surface area contributed by atoms with Crippen molar-refractivity contribution in [2.75, 3.05) is 7.11 Å². The number of carbonyl (C=O) groups is 1. The number of imidazole rings is 1. The predicted molar refractivity (Wildman–Crippen MR) is 68.3 cm³/mol. The largest absolute Gasteiger partial charge is 0.463 e. The van der Waals surface area contributed by atoms with Crippen LogP contribution >= 0.6 is 0 Å². The molecular weight excluding hydrogens is 230 g/mol. The number of hydrogen-bond acceptors (Lipinski definition) is 4. The van der Waals surface area contributed by atoms with Gasteiger partial charge in [0.25, 0.3) is 0 Å². The predicted octanol–water partition coefficient (Wildman–Crippen LogP) is 2.26. The molecule has 0 bridgehead atoms. The van der Waals surface area contributed by atoms with Crippen molar-refractivity contribution in [1.29, 1.82) is 0 Å². The van der Waals surface area contributed by atoms with Crippen LogP contribution < -0.4 is 0 Å². The number of fused-ring (bicyclic) bond motifs is 1. The molecule has 0 aliphatic rings. The number of pyridine rings is 1. The van der Waals surface area contributed by atoms with Gasteiger partial charge in [0, 0.05) is 12.7 Å². The van der Waals surface area contributed by atoms with E-state index >= 15 is 0 Å². The lowest BCUT2D eigenvalue weighted by Crippen LogP contribution is -2.13. The monoisotopic (exact) mass is 247 g/mol. The highest BCUT2D eigenvalue weighted by Crippen LogP contribution is 2.16. The topological polar surface area (TPSA) is 57.0 Å². The third-order valence-electron chi connectivity index (χ3n) is 2.80. The molecule has 0 saturated heterocycles. The van der Waals surface area contributed by atoms with Gasteiger partial charge in [0.05, 0.1) is 7.11 Å². The van der Waals surface area contributed by atoms with Crippen molar-refractivity contribution in [3.05, 3.63) is 24.2 Å². The van der Waals surface area contributed by atoms with Crippen molar-refractivity contribution in [3.8, 4) is 0 Å². The van der Waals surface area contributed by atoms with Gasteiger partial charge in [-0.15, -0.1) is 0 Å². The highest BCUT2D eigenvalue weighted by Gasteiger charge is 2.18. The molecule has 0 radical (unpaired) electrons. The molecular formula is C13H17N3O2. The lowest BCUT2D eigenvalue weighted by molar-refractivity contribution is 0.0581. The maximum Gasteiger partial charge on any atom is 0.374 e. The van der Waals surface area contributed by atoms with Crippen LogP contribution in [0.15, 0.2) is 18.3 Å². The van der Waals surface area contributed by atoms with Gasteiger partial charge in [-0.2, -0.15) is 0 Å². The zero-order valence-electron chi connectivity index (χ0n) is 10.9. The molecule has 0 N–H and O–H groups in total. The van der Waals surface area contributed by atoms with Gasteiger partial charge in [-0.25, -0.2) is 14.8 Å². The molecule has 0 atom stereocenters. The molecule has 0 saturated carbocycles. The Labute approximate surface area is 106 Å². The van der Waals surface area contributed by atoms with Crippen LogP contribution in [0.3, 0.4) is 0 Å². The molecule has 0 aromatic carbocycles. The summed E-state index contributed by atoms with van der Waals surface area (Å²) in [4.78, 5) is 20.3. The van der Waals surface area contributed by atoms with Gasteiger partial charge in [0.15, 0.2) is 5.65 Å². The van der Waals surface area contributed by atoms with Crippen LogP contribution in [0, 0.1) is 5.92 Å². The number of carbonyl (C=O) groups excluding carboxylic acids is 1. The molecule has 96 valence electrons. The normalized spacial score (nSPS) is 11.1. The molecule has 2 aromatic rings. The summed E-state index contributed by atoms with van der Waals surface area (Å²) in [7, 11) is 1.36. The van der Waals surface area contributed by atoms with E-state index in [-0.39, 0.29) is 0 Å². The second-order valence-electron chi connectivity index (χ2n) is 4.61. The second kappa shape index (κ2) is 5.16. The van der Waals surface area contributed by atoms with Gasteiger partial charge >= 0.3 is 5.97 Å². The molecule has 0 fully saturated rings. The third-order valence-corrected chi connectivity index (χ3v) is 2.80. The van der Waals surface area contributed by atoms with Crippen molar-refractivity contribution in [2.45, 2.75) is 26.8 Å². The van der Waals surface area contributed by atoms with Gasteiger partial charge in [0.2, 0.25) is 5.82 Å². The highest BCUT2D eigenvalue weighted by atomic mass is 16.5. The molecule has 5 nitrogen and oxygen atoms in total. The summed E-state index contributed by atoms with van der Waals surface area (Å²) in [6.07, 6.45) is 2.67. The molecule has 0 aliphatic heterocycles. The first-order chi connectivity index (χ1) is 8.63. The summed E-state index contributed by atoms with van der Waals surface area (Å²) in [5.41, 5.74) is 1.46. The number of rotatable bonds is 4. The van der Waals surface area contributed by atoms with Crippen molar-refractivity contribution < 1.29 is 9.53 Å². The van der Waals surface area contributed by atoms with Crippen LogP contribution in [-0.4, -0.2) is 27.6 Å². The minimum atomic E-state index is -0.420. The zero-order chi connectivity index (χ0) is 13.1. The summed E-state index contributed by atoms with van der Waals surface area (Å²) in [6, 6.07) is 3.66. The van der Waals surface area contributed by atoms with E-state index in [1.54, 1.807) is 6.20 Å². The van der Waals surface area contributed by atoms with Crippen LogP contribution in [0.2, 0.25) is 0 Å². The number of aromatic nitrogens is 3. The molecule has 0 unspecified atom stereocenters. The van der Waals surface area contributed by atoms with Gasteiger partial charge in [0.1, 0.15) is 5.52 Å². The van der Waals surface area contributed by atoms with E-state index in [1.165, 1.54) is 7.11 Å². The summed E-state index contributed by atoms with van der Waals surface area (Å²) < 4.78 is 6.60. The van der Waals surface area contributed by atoms with Crippen LogP contribution in [0.25, 0.3) is 11.2 Å². The van der Waals surface area contributed by atoms with E-state index in [1.807, 2.05) is 16.7 Å². The molecule has 2 heterocycles. The Hall–Kier alpha value is -1.91. The smallest absolute Gasteiger partial charge is 0.374 e. The fourth-order valence-corrected chi connectivity index (χ4v) is 1.80. The average Bonchev–Trinajstić information content (AvgIpc) is 2.74. The summed E-state index contributed by atoms with van der Waals surface area (Å²) >= 11 is 0. The van der Waals surface area contributed by atoms with Gasteiger partial charge in [-0.1, -0.05) is 13.8 Å². The molecule has 5 heteroatoms. The summed E-state index contributed by atoms with van der Waals surface area (Å²) in [5.74, 6) is 0.459. The minimum absolute atomic E-state index is 0.326. The van der Waals surface area contributed by atoms with Gasteiger partial charge in [-0.3, -0.25) is 0 Å². The van der Waals surface area contributed by atoms with Crippen molar-refractivity contribution in [2.24, 2.45) is 5.92 Å². The SMILES string of the molecule is COC(=O)c1nc2cccnc2n1CCC(C)C. The Kier molecular flexibility index (Phi) is 3.60.